The van der Waals surface area contributed by atoms with Gasteiger partial charge < -0.3 is 4.74 Å². The van der Waals surface area contributed by atoms with Gasteiger partial charge in [-0.2, -0.15) is 0 Å². The highest BCUT2D eigenvalue weighted by atomic mass is 19.2. The Balaban J connectivity index is 2.74. The van der Waals surface area contributed by atoms with Crippen LogP contribution in [0.4, 0.5) is 8.78 Å². The lowest BCUT2D eigenvalue weighted by atomic mass is 10.0. The Morgan fingerprint density at radius 2 is 2.19 bits per heavy atom. The van der Waals surface area contributed by atoms with E-state index in [0.717, 1.165) is 6.07 Å². The summed E-state index contributed by atoms with van der Waals surface area (Å²) in [6, 6.07) is 3.60. The summed E-state index contributed by atoms with van der Waals surface area (Å²) in [5, 5.41) is 0. The van der Waals surface area contributed by atoms with Gasteiger partial charge in [0.25, 0.3) is 0 Å². The lowest BCUT2D eigenvalue weighted by molar-refractivity contribution is 0.136. The molecule has 1 aromatic carbocycles. The second-order valence-electron chi connectivity index (χ2n) is 3.35. The zero-order valence-electron chi connectivity index (χ0n) is 9.17. The minimum absolute atomic E-state index is 0.224. The van der Waals surface area contributed by atoms with Gasteiger partial charge in [0, 0.05) is 18.8 Å². The molecule has 16 heavy (non-hydrogen) atoms. The van der Waals surface area contributed by atoms with Gasteiger partial charge in [0.15, 0.2) is 11.6 Å². The van der Waals surface area contributed by atoms with E-state index in [1.54, 1.807) is 0 Å². The Hall–Kier alpha value is -1.04. The predicted molar refractivity (Wildman–Crippen MR) is 57.5 cm³/mol. The van der Waals surface area contributed by atoms with Gasteiger partial charge in [0.1, 0.15) is 0 Å². The number of hydrogen-bond donors (Lipinski definition) is 2. The van der Waals surface area contributed by atoms with Crippen molar-refractivity contribution in [3.63, 3.8) is 0 Å². The zero-order valence-corrected chi connectivity index (χ0v) is 9.17. The van der Waals surface area contributed by atoms with Crippen molar-refractivity contribution >= 4 is 0 Å². The maximum atomic E-state index is 13.4. The van der Waals surface area contributed by atoms with E-state index in [9.17, 15) is 8.78 Å². The van der Waals surface area contributed by atoms with Crippen LogP contribution >= 0.6 is 0 Å². The van der Waals surface area contributed by atoms with E-state index in [4.69, 9.17) is 10.6 Å². The molecule has 0 saturated heterocycles. The second kappa shape index (κ2) is 6.52. The Labute approximate surface area is 93.6 Å². The molecule has 1 unspecified atom stereocenters. The van der Waals surface area contributed by atoms with Crippen molar-refractivity contribution in [2.45, 2.75) is 19.4 Å². The van der Waals surface area contributed by atoms with Crippen LogP contribution in [0.15, 0.2) is 18.2 Å². The highest BCUT2D eigenvalue weighted by molar-refractivity contribution is 5.22. The summed E-state index contributed by atoms with van der Waals surface area (Å²) in [7, 11) is 0. The van der Waals surface area contributed by atoms with Crippen molar-refractivity contribution in [2.75, 3.05) is 13.2 Å². The third-order valence-electron chi connectivity index (χ3n) is 2.31. The summed E-state index contributed by atoms with van der Waals surface area (Å²) >= 11 is 0. The van der Waals surface area contributed by atoms with E-state index in [1.807, 2.05) is 6.92 Å². The monoisotopic (exact) mass is 230 g/mol. The van der Waals surface area contributed by atoms with Crippen LogP contribution in [0, 0.1) is 11.6 Å². The van der Waals surface area contributed by atoms with Crippen LogP contribution in [0.5, 0.6) is 0 Å². The molecule has 90 valence electrons. The first-order valence-corrected chi connectivity index (χ1v) is 5.18. The van der Waals surface area contributed by atoms with Crippen LogP contribution in [0.3, 0.4) is 0 Å². The van der Waals surface area contributed by atoms with Gasteiger partial charge in [-0.25, -0.2) is 8.78 Å². The molecule has 0 radical (unpaired) electrons. The summed E-state index contributed by atoms with van der Waals surface area (Å²) in [5.74, 6) is 3.59. The number of nitrogens with two attached hydrogens (primary N) is 1. The second-order valence-corrected chi connectivity index (χ2v) is 3.35. The molecule has 0 aromatic heterocycles. The van der Waals surface area contributed by atoms with Gasteiger partial charge in [-0.05, 0) is 19.4 Å². The highest BCUT2D eigenvalue weighted by Crippen LogP contribution is 2.21. The van der Waals surface area contributed by atoms with E-state index in [1.165, 1.54) is 12.1 Å². The van der Waals surface area contributed by atoms with Gasteiger partial charge in [0.05, 0.1) is 6.04 Å². The lowest BCUT2D eigenvalue weighted by Crippen LogP contribution is -2.29. The molecule has 0 aliphatic rings. The fraction of sp³-hybridized carbons (Fsp3) is 0.455. The Morgan fingerprint density at radius 3 is 2.81 bits per heavy atom. The molecule has 3 nitrogen and oxygen atoms in total. The average Bonchev–Trinajstić information content (AvgIpc) is 2.29. The first-order chi connectivity index (χ1) is 7.70. The lowest BCUT2D eigenvalue weighted by Gasteiger charge is -2.16. The minimum atomic E-state index is -0.867. The van der Waals surface area contributed by atoms with Gasteiger partial charge >= 0.3 is 0 Å². The van der Waals surface area contributed by atoms with Crippen LogP contribution in [0.2, 0.25) is 0 Å². The molecule has 5 heteroatoms. The summed E-state index contributed by atoms with van der Waals surface area (Å²) in [5.41, 5.74) is 2.68. The van der Waals surface area contributed by atoms with Crippen molar-refractivity contribution < 1.29 is 13.5 Å². The van der Waals surface area contributed by atoms with Crippen molar-refractivity contribution in [3.8, 4) is 0 Å². The number of nitrogens with one attached hydrogen (secondary N) is 1. The maximum Gasteiger partial charge on any atom is 0.163 e. The number of halogens is 2. The van der Waals surface area contributed by atoms with E-state index >= 15 is 0 Å². The molecular formula is C11H16F2N2O. The Bertz CT molecular complexity index is 334. The average molecular weight is 230 g/mol. The van der Waals surface area contributed by atoms with Gasteiger partial charge in [0.2, 0.25) is 0 Å². The molecular weight excluding hydrogens is 214 g/mol. The van der Waals surface area contributed by atoms with Crippen molar-refractivity contribution in [3.05, 3.63) is 35.4 Å². The normalized spacial score (nSPS) is 12.8. The number of hydrazine groups is 1. The van der Waals surface area contributed by atoms with E-state index in [2.05, 4.69) is 5.43 Å². The SMILES string of the molecule is CCOCCC(NN)c1cccc(F)c1F. The standard InChI is InChI=1S/C11H16F2N2O/c1-2-16-7-6-10(15-14)8-4-3-5-9(12)11(8)13/h3-5,10,15H,2,6-7,14H2,1H3. The molecule has 0 aliphatic carbocycles. The van der Waals surface area contributed by atoms with E-state index in [0.29, 0.717) is 19.6 Å². The molecule has 1 aromatic rings. The molecule has 0 spiro atoms. The van der Waals surface area contributed by atoms with Crippen LogP contribution in [0.25, 0.3) is 0 Å². The Morgan fingerprint density at radius 1 is 1.44 bits per heavy atom. The molecule has 3 N–H and O–H groups in total. The highest BCUT2D eigenvalue weighted by Gasteiger charge is 2.16. The van der Waals surface area contributed by atoms with Gasteiger partial charge in [-0.1, -0.05) is 12.1 Å². The van der Waals surface area contributed by atoms with Crippen molar-refractivity contribution in [2.24, 2.45) is 5.84 Å². The summed E-state index contributed by atoms with van der Waals surface area (Å²) < 4.78 is 31.6. The van der Waals surface area contributed by atoms with Crippen LogP contribution in [-0.2, 0) is 4.74 Å². The van der Waals surface area contributed by atoms with Gasteiger partial charge in [-0.15, -0.1) is 0 Å². The first-order valence-electron chi connectivity index (χ1n) is 5.18. The molecule has 0 heterocycles. The number of benzene rings is 1. The summed E-state index contributed by atoms with van der Waals surface area (Å²) in [6.45, 7) is 2.90. The topological polar surface area (TPSA) is 47.3 Å². The van der Waals surface area contributed by atoms with E-state index < -0.39 is 17.7 Å². The maximum absolute atomic E-state index is 13.4. The van der Waals surface area contributed by atoms with Gasteiger partial charge in [-0.3, -0.25) is 11.3 Å². The number of ether oxygens (including phenoxy) is 1. The third-order valence-corrected chi connectivity index (χ3v) is 2.31. The molecule has 0 bridgehead atoms. The summed E-state index contributed by atoms with van der Waals surface area (Å²) in [6.07, 6.45) is 0.491. The molecule has 0 saturated carbocycles. The smallest absolute Gasteiger partial charge is 0.163 e. The number of rotatable bonds is 6. The molecule has 1 rings (SSSR count). The minimum Gasteiger partial charge on any atom is -0.382 e. The predicted octanol–water partition coefficient (Wildman–Crippen LogP) is 1.90. The number of hydrogen-bond acceptors (Lipinski definition) is 3. The molecule has 0 amide bonds. The van der Waals surface area contributed by atoms with Crippen LogP contribution in [-0.4, -0.2) is 13.2 Å². The zero-order chi connectivity index (χ0) is 12.0. The van der Waals surface area contributed by atoms with Crippen LogP contribution in [0.1, 0.15) is 24.9 Å². The molecule has 0 fully saturated rings. The van der Waals surface area contributed by atoms with Crippen molar-refractivity contribution in [1.82, 2.24) is 5.43 Å². The largest absolute Gasteiger partial charge is 0.382 e. The Kier molecular flexibility index (Phi) is 5.31. The van der Waals surface area contributed by atoms with E-state index in [-0.39, 0.29) is 5.56 Å². The fourth-order valence-electron chi connectivity index (χ4n) is 1.46. The molecule has 1 atom stereocenters. The quantitative estimate of drug-likeness (QED) is 0.446. The first kappa shape index (κ1) is 13.0. The van der Waals surface area contributed by atoms with Crippen molar-refractivity contribution in [1.29, 1.82) is 0 Å². The summed E-state index contributed by atoms with van der Waals surface area (Å²) in [4.78, 5) is 0. The molecule has 0 aliphatic heterocycles. The fourth-order valence-corrected chi connectivity index (χ4v) is 1.46. The third kappa shape index (κ3) is 3.23. The van der Waals surface area contributed by atoms with Crippen LogP contribution < -0.4 is 11.3 Å².